The summed E-state index contributed by atoms with van der Waals surface area (Å²) in [5, 5.41) is 0.266. The van der Waals surface area contributed by atoms with Crippen LogP contribution in [0.4, 0.5) is 0 Å². The predicted molar refractivity (Wildman–Crippen MR) is 66.7 cm³/mol. The average Bonchev–Trinajstić information content (AvgIpc) is 2.38. The Morgan fingerprint density at radius 1 is 0.944 bits per heavy atom. The first kappa shape index (κ1) is 12.4. The lowest BCUT2D eigenvalue weighted by molar-refractivity contribution is 0.385. The van der Waals surface area contributed by atoms with Crippen LogP contribution in [0.15, 0.2) is 30.6 Å². The highest BCUT2D eigenvalue weighted by atomic mass is 35.5. The van der Waals surface area contributed by atoms with Gasteiger partial charge in [-0.1, -0.05) is 11.6 Å². The van der Waals surface area contributed by atoms with E-state index in [0.717, 1.165) is 0 Å². The van der Waals surface area contributed by atoms with E-state index < -0.39 is 0 Å². The van der Waals surface area contributed by atoms with Crippen LogP contribution in [0.5, 0.6) is 23.1 Å². The third kappa shape index (κ3) is 3.01. The summed E-state index contributed by atoms with van der Waals surface area (Å²) in [5.41, 5.74) is 0. The smallest absolute Gasteiger partial charge is 0.239 e. The molecule has 94 valence electrons. The normalized spacial score (nSPS) is 9.94. The summed E-state index contributed by atoms with van der Waals surface area (Å²) in [5.74, 6) is 2.08. The lowest BCUT2D eigenvalue weighted by Crippen LogP contribution is -1.92. The molecule has 0 aliphatic rings. The number of ether oxygens (including phenoxy) is 3. The van der Waals surface area contributed by atoms with Crippen molar-refractivity contribution in [1.82, 2.24) is 9.97 Å². The Balaban J connectivity index is 2.28. The van der Waals surface area contributed by atoms with Gasteiger partial charge in [0.1, 0.15) is 17.2 Å². The number of nitrogens with zero attached hydrogens (tertiary/aromatic N) is 2. The Morgan fingerprint density at radius 3 is 2.11 bits per heavy atom. The molecule has 6 heteroatoms. The third-order valence-electron chi connectivity index (χ3n) is 2.13. The van der Waals surface area contributed by atoms with E-state index in [-0.39, 0.29) is 5.15 Å². The molecule has 2 aromatic rings. The van der Waals surface area contributed by atoms with Crippen molar-refractivity contribution in [3.8, 4) is 23.1 Å². The predicted octanol–water partition coefficient (Wildman–Crippen LogP) is 2.94. The fourth-order valence-electron chi connectivity index (χ4n) is 1.34. The van der Waals surface area contributed by atoms with Crippen molar-refractivity contribution >= 4 is 11.6 Å². The van der Waals surface area contributed by atoms with Gasteiger partial charge < -0.3 is 14.2 Å². The summed E-state index contributed by atoms with van der Waals surface area (Å²) < 4.78 is 15.8. The van der Waals surface area contributed by atoms with Gasteiger partial charge in [0.15, 0.2) is 5.15 Å². The van der Waals surface area contributed by atoms with Crippen LogP contribution in [-0.2, 0) is 0 Å². The number of hydrogen-bond acceptors (Lipinski definition) is 5. The zero-order chi connectivity index (χ0) is 13.0. The van der Waals surface area contributed by atoms with Gasteiger partial charge in [-0.2, -0.15) is 4.98 Å². The Morgan fingerprint density at radius 2 is 1.56 bits per heavy atom. The standard InChI is InChI=1S/C12H11ClN2O3/c1-16-8-3-9(17-2)5-10(4-8)18-12-7-14-6-11(13)15-12/h3-7H,1-2H3. The van der Waals surface area contributed by atoms with Gasteiger partial charge in [-0.05, 0) is 0 Å². The highest BCUT2D eigenvalue weighted by Crippen LogP contribution is 2.30. The third-order valence-corrected chi connectivity index (χ3v) is 2.31. The van der Waals surface area contributed by atoms with Gasteiger partial charge in [0.25, 0.3) is 0 Å². The minimum atomic E-state index is 0.266. The molecule has 0 atom stereocenters. The van der Waals surface area contributed by atoms with Gasteiger partial charge >= 0.3 is 0 Å². The number of hydrogen-bond donors (Lipinski definition) is 0. The molecule has 1 aromatic heterocycles. The SMILES string of the molecule is COc1cc(OC)cc(Oc2cncc(Cl)n2)c1. The zero-order valence-electron chi connectivity index (χ0n) is 9.88. The molecule has 0 aliphatic heterocycles. The fraction of sp³-hybridized carbons (Fsp3) is 0.167. The molecule has 0 aliphatic carbocycles. The molecule has 1 heterocycles. The monoisotopic (exact) mass is 266 g/mol. The second kappa shape index (κ2) is 5.55. The van der Waals surface area contributed by atoms with Gasteiger partial charge in [0.2, 0.25) is 5.88 Å². The van der Waals surface area contributed by atoms with Crippen LogP contribution in [0, 0.1) is 0 Å². The van der Waals surface area contributed by atoms with Crippen molar-refractivity contribution in [1.29, 1.82) is 0 Å². The topological polar surface area (TPSA) is 53.5 Å². The first-order valence-electron chi connectivity index (χ1n) is 5.09. The number of benzene rings is 1. The summed E-state index contributed by atoms with van der Waals surface area (Å²) in [4.78, 5) is 7.86. The summed E-state index contributed by atoms with van der Waals surface area (Å²) in [6.45, 7) is 0. The van der Waals surface area contributed by atoms with E-state index in [1.165, 1.54) is 12.4 Å². The Kier molecular flexibility index (Phi) is 3.84. The molecule has 5 nitrogen and oxygen atoms in total. The molecule has 0 fully saturated rings. The van der Waals surface area contributed by atoms with E-state index in [1.807, 2.05) is 0 Å². The Bertz CT molecular complexity index is 526. The van der Waals surface area contributed by atoms with Crippen LogP contribution in [-0.4, -0.2) is 24.2 Å². The highest BCUT2D eigenvalue weighted by Gasteiger charge is 2.05. The van der Waals surface area contributed by atoms with Crippen LogP contribution < -0.4 is 14.2 Å². The van der Waals surface area contributed by atoms with Gasteiger partial charge in [-0.3, -0.25) is 4.98 Å². The number of methoxy groups -OCH3 is 2. The van der Waals surface area contributed by atoms with Crippen molar-refractivity contribution in [3.05, 3.63) is 35.7 Å². The quantitative estimate of drug-likeness (QED) is 0.852. The summed E-state index contributed by atoms with van der Waals surface area (Å²) >= 11 is 5.73. The molecular weight excluding hydrogens is 256 g/mol. The average molecular weight is 267 g/mol. The van der Waals surface area contributed by atoms with Crippen LogP contribution in [0.1, 0.15) is 0 Å². The zero-order valence-corrected chi connectivity index (χ0v) is 10.6. The van der Waals surface area contributed by atoms with Crippen LogP contribution >= 0.6 is 11.6 Å². The second-order valence-corrected chi connectivity index (χ2v) is 3.72. The highest BCUT2D eigenvalue weighted by molar-refractivity contribution is 6.29. The molecule has 0 spiro atoms. The van der Waals surface area contributed by atoms with Crippen LogP contribution in [0.2, 0.25) is 5.15 Å². The van der Waals surface area contributed by atoms with E-state index in [0.29, 0.717) is 23.1 Å². The number of halogens is 1. The first-order valence-corrected chi connectivity index (χ1v) is 5.47. The maximum absolute atomic E-state index is 5.73. The van der Waals surface area contributed by atoms with Crippen LogP contribution in [0.25, 0.3) is 0 Å². The Hall–Kier alpha value is -2.01. The van der Waals surface area contributed by atoms with E-state index in [9.17, 15) is 0 Å². The molecule has 18 heavy (non-hydrogen) atoms. The van der Waals surface area contributed by atoms with Crippen molar-refractivity contribution in [2.24, 2.45) is 0 Å². The molecule has 0 unspecified atom stereocenters. The minimum Gasteiger partial charge on any atom is -0.496 e. The van der Waals surface area contributed by atoms with E-state index >= 15 is 0 Å². The van der Waals surface area contributed by atoms with E-state index in [4.69, 9.17) is 25.8 Å². The van der Waals surface area contributed by atoms with Crippen molar-refractivity contribution in [2.45, 2.75) is 0 Å². The minimum absolute atomic E-state index is 0.266. The maximum atomic E-state index is 5.73. The summed E-state index contributed by atoms with van der Waals surface area (Å²) in [6, 6.07) is 5.17. The molecule has 0 amide bonds. The van der Waals surface area contributed by atoms with Crippen LogP contribution in [0.3, 0.4) is 0 Å². The maximum Gasteiger partial charge on any atom is 0.239 e. The largest absolute Gasteiger partial charge is 0.496 e. The lowest BCUT2D eigenvalue weighted by atomic mass is 10.3. The fourth-order valence-corrected chi connectivity index (χ4v) is 1.48. The molecule has 0 N–H and O–H groups in total. The van der Waals surface area contributed by atoms with Gasteiger partial charge in [-0.25, -0.2) is 0 Å². The van der Waals surface area contributed by atoms with Gasteiger partial charge in [-0.15, -0.1) is 0 Å². The molecule has 0 radical (unpaired) electrons. The van der Waals surface area contributed by atoms with Crippen molar-refractivity contribution in [2.75, 3.05) is 14.2 Å². The van der Waals surface area contributed by atoms with Crippen molar-refractivity contribution < 1.29 is 14.2 Å². The molecule has 2 rings (SSSR count). The lowest BCUT2D eigenvalue weighted by Gasteiger charge is -2.09. The molecular formula is C12H11ClN2O3. The molecule has 0 bridgehead atoms. The van der Waals surface area contributed by atoms with E-state index in [1.54, 1.807) is 32.4 Å². The Labute approximate surface area is 109 Å². The van der Waals surface area contributed by atoms with Gasteiger partial charge in [0, 0.05) is 18.2 Å². The van der Waals surface area contributed by atoms with E-state index in [2.05, 4.69) is 9.97 Å². The summed E-state index contributed by atoms with van der Waals surface area (Å²) in [6.07, 6.45) is 2.90. The van der Waals surface area contributed by atoms with Crippen molar-refractivity contribution in [3.63, 3.8) is 0 Å². The second-order valence-electron chi connectivity index (χ2n) is 3.33. The molecule has 1 aromatic carbocycles. The number of rotatable bonds is 4. The molecule has 0 saturated carbocycles. The first-order chi connectivity index (χ1) is 8.71. The summed E-state index contributed by atoms with van der Waals surface area (Å²) in [7, 11) is 3.13. The molecule has 0 saturated heterocycles. The number of aromatic nitrogens is 2. The van der Waals surface area contributed by atoms with Gasteiger partial charge in [0.05, 0.1) is 26.6 Å².